The molecule has 3 nitrogen and oxygen atoms in total. The van der Waals surface area contributed by atoms with Gasteiger partial charge < -0.3 is 9.16 Å². The molecular formula is C26H44O3Si. The quantitative estimate of drug-likeness (QED) is 0.281. The van der Waals surface area contributed by atoms with E-state index in [9.17, 15) is 4.79 Å². The molecule has 0 amide bonds. The van der Waals surface area contributed by atoms with Crippen LogP contribution in [-0.4, -0.2) is 27.5 Å². The van der Waals surface area contributed by atoms with Crippen LogP contribution in [0.4, 0.5) is 0 Å². The number of allylic oxidation sites excluding steroid dienone is 1. The highest BCUT2D eigenvalue weighted by molar-refractivity contribution is 6.74. The van der Waals surface area contributed by atoms with E-state index in [1.807, 2.05) is 0 Å². The van der Waals surface area contributed by atoms with Crippen molar-refractivity contribution < 1.29 is 14.0 Å². The van der Waals surface area contributed by atoms with Crippen LogP contribution in [-0.2, 0) is 14.0 Å². The van der Waals surface area contributed by atoms with E-state index in [4.69, 9.17) is 9.16 Å². The van der Waals surface area contributed by atoms with Crippen LogP contribution >= 0.6 is 0 Å². The van der Waals surface area contributed by atoms with Crippen molar-refractivity contribution in [2.45, 2.75) is 97.7 Å². The first-order valence-electron chi connectivity index (χ1n) is 12.2. The number of hydrogen-bond acceptors (Lipinski definition) is 3. The molecule has 4 rings (SSSR count). The maximum absolute atomic E-state index is 13.2. The number of carbonyl (C=O) groups is 1. The Labute approximate surface area is 185 Å². The van der Waals surface area contributed by atoms with Crippen molar-refractivity contribution in [3.8, 4) is 0 Å². The number of fused-ring (bicyclic) bond motifs is 2. The minimum absolute atomic E-state index is 0.0631. The van der Waals surface area contributed by atoms with E-state index < -0.39 is 8.32 Å². The fourth-order valence-corrected chi connectivity index (χ4v) is 8.51. The summed E-state index contributed by atoms with van der Waals surface area (Å²) in [6.45, 7) is 22.4. The van der Waals surface area contributed by atoms with Gasteiger partial charge in [0.2, 0.25) is 0 Å². The van der Waals surface area contributed by atoms with Crippen molar-refractivity contribution in [2.75, 3.05) is 13.2 Å². The van der Waals surface area contributed by atoms with Crippen LogP contribution < -0.4 is 0 Å². The zero-order valence-electron chi connectivity index (χ0n) is 20.5. The minimum Gasteiger partial charge on any atom is -0.465 e. The van der Waals surface area contributed by atoms with E-state index in [0.717, 1.165) is 25.9 Å². The molecule has 0 aromatic carbocycles. The smallest absolute Gasteiger partial charge is 0.312 e. The molecule has 0 N–H and O–H groups in total. The van der Waals surface area contributed by atoms with E-state index in [0.29, 0.717) is 24.4 Å². The van der Waals surface area contributed by atoms with Gasteiger partial charge in [-0.05, 0) is 79.8 Å². The fourth-order valence-electron chi connectivity index (χ4n) is 7.49. The molecule has 1 aliphatic heterocycles. The molecule has 30 heavy (non-hydrogen) atoms. The Morgan fingerprint density at radius 2 is 1.90 bits per heavy atom. The molecule has 1 heterocycles. The zero-order valence-corrected chi connectivity index (χ0v) is 21.5. The summed E-state index contributed by atoms with van der Waals surface area (Å²) >= 11 is 0. The number of esters is 1. The monoisotopic (exact) mass is 432 g/mol. The van der Waals surface area contributed by atoms with Crippen molar-refractivity contribution in [1.29, 1.82) is 0 Å². The Kier molecular flexibility index (Phi) is 5.22. The van der Waals surface area contributed by atoms with E-state index in [-0.39, 0.29) is 27.3 Å². The Balaban J connectivity index is 1.71. The third kappa shape index (κ3) is 3.18. The second-order valence-electron chi connectivity index (χ2n) is 13.3. The number of cyclic esters (lactones) is 1. The lowest BCUT2D eigenvalue weighted by atomic mass is 9.45. The van der Waals surface area contributed by atoms with Crippen molar-refractivity contribution in [3.05, 3.63) is 12.2 Å². The summed E-state index contributed by atoms with van der Waals surface area (Å²) < 4.78 is 13.0. The largest absolute Gasteiger partial charge is 0.465 e. The van der Waals surface area contributed by atoms with Gasteiger partial charge in [0.05, 0.1) is 12.0 Å². The van der Waals surface area contributed by atoms with Gasteiger partial charge in [0.15, 0.2) is 8.32 Å². The number of carbonyl (C=O) groups excluding carboxylic acids is 1. The molecule has 5 atom stereocenters. The summed E-state index contributed by atoms with van der Waals surface area (Å²) in [6.07, 6.45) is 7.86. The first-order chi connectivity index (χ1) is 13.8. The normalized spacial score (nSPS) is 41.0. The van der Waals surface area contributed by atoms with E-state index >= 15 is 0 Å². The molecule has 1 saturated heterocycles. The summed E-state index contributed by atoms with van der Waals surface area (Å²) in [5, 5.41) is 0.209. The van der Waals surface area contributed by atoms with Gasteiger partial charge in [-0.2, -0.15) is 0 Å². The van der Waals surface area contributed by atoms with E-state index in [1.165, 1.54) is 31.3 Å². The minimum atomic E-state index is -1.84. The zero-order chi connectivity index (χ0) is 22.2. The predicted molar refractivity (Wildman–Crippen MR) is 125 cm³/mol. The number of hydrogen-bond donors (Lipinski definition) is 0. The summed E-state index contributed by atoms with van der Waals surface area (Å²) in [7, 11) is -1.84. The average Bonchev–Trinajstić information content (AvgIpc) is 2.87. The first-order valence-corrected chi connectivity index (χ1v) is 15.1. The molecule has 0 aromatic rings. The van der Waals surface area contributed by atoms with Gasteiger partial charge >= 0.3 is 5.97 Å². The van der Waals surface area contributed by atoms with Gasteiger partial charge in [-0.25, -0.2) is 0 Å². The summed E-state index contributed by atoms with van der Waals surface area (Å²) in [5.74, 6) is 1.47. The molecule has 4 aliphatic rings. The van der Waals surface area contributed by atoms with Crippen molar-refractivity contribution in [1.82, 2.24) is 0 Å². The lowest BCUT2D eigenvalue weighted by Gasteiger charge is -2.62. The molecule has 3 saturated carbocycles. The Morgan fingerprint density at radius 1 is 1.20 bits per heavy atom. The SMILES string of the molecule is C=C1C[C@]23C[C@H]1CC[C@H]2[C@@]1(CCCC(C)(C)[C@H]1CO[Si](C)(C)C(C)(C)C)COC3=O. The second kappa shape index (κ2) is 6.94. The molecule has 4 heteroatoms. The van der Waals surface area contributed by atoms with Crippen LogP contribution in [0, 0.1) is 34.0 Å². The molecule has 0 unspecified atom stereocenters. The predicted octanol–water partition coefficient (Wildman–Crippen LogP) is 6.74. The number of ether oxygens (including phenoxy) is 1. The maximum atomic E-state index is 13.2. The van der Waals surface area contributed by atoms with Crippen LogP contribution in [0.5, 0.6) is 0 Å². The van der Waals surface area contributed by atoms with Crippen LogP contribution in [0.1, 0.15) is 79.6 Å². The van der Waals surface area contributed by atoms with Crippen molar-refractivity contribution in [3.63, 3.8) is 0 Å². The highest BCUT2D eigenvalue weighted by atomic mass is 28.4. The van der Waals surface area contributed by atoms with Gasteiger partial charge in [0, 0.05) is 12.0 Å². The Bertz CT molecular complexity index is 733. The molecular weight excluding hydrogens is 388 g/mol. The highest BCUT2D eigenvalue weighted by Crippen LogP contribution is 2.69. The molecule has 170 valence electrons. The second-order valence-corrected chi connectivity index (χ2v) is 18.1. The third-order valence-electron chi connectivity index (χ3n) is 10.3. The van der Waals surface area contributed by atoms with Gasteiger partial charge in [-0.1, -0.05) is 53.2 Å². The maximum Gasteiger partial charge on any atom is 0.312 e. The van der Waals surface area contributed by atoms with Gasteiger partial charge in [0.25, 0.3) is 0 Å². The lowest BCUT2D eigenvalue weighted by molar-refractivity contribution is -0.217. The van der Waals surface area contributed by atoms with Crippen LogP contribution in [0.3, 0.4) is 0 Å². The summed E-state index contributed by atoms with van der Waals surface area (Å²) in [6, 6.07) is 0. The van der Waals surface area contributed by atoms with E-state index in [1.54, 1.807) is 0 Å². The average molecular weight is 433 g/mol. The molecule has 3 aliphatic carbocycles. The third-order valence-corrected chi connectivity index (χ3v) is 14.8. The Hall–Kier alpha value is -0.613. The fraction of sp³-hybridized carbons (Fsp3) is 0.885. The summed E-state index contributed by atoms with van der Waals surface area (Å²) in [5.41, 5.74) is 1.27. The van der Waals surface area contributed by atoms with Crippen molar-refractivity contribution >= 4 is 14.3 Å². The van der Waals surface area contributed by atoms with Crippen LogP contribution in [0.15, 0.2) is 12.2 Å². The molecule has 4 fully saturated rings. The topological polar surface area (TPSA) is 35.5 Å². The first kappa shape index (κ1) is 22.6. The highest BCUT2D eigenvalue weighted by Gasteiger charge is 2.68. The molecule has 0 aromatic heterocycles. The van der Waals surface area contributed by atoms with Gasteiger partial charge in [0.1, 0.15) is 0 Å². The molecule has 2 bridgehead atoms. The molecule has 0 radical (unpaired) electrons. The van der Waals surface area contributed by atoms with E-state index in [2.05, 4.69) is 54.3 Å². The van der Waals surface area contributed by atoms with Gasteiger partial charge in [-0.3, -0.25) is 4.79 Å². The summed E-state index contributed by atoms with van der Waals surface area (Å²) in [4.78, 5) is 13.2. The standard InChI is InChI=1S/C26H44O3Si/c1-18-14-26-15-19(18)10-11-20(26)25(17-28-22(26)27)13-9-12-24(5,6)21(25)16-29-30(7,8)23(2,3)4/h19-21H,1,9-17H2,2-8H3/t19-,20+,21-,25-,26+/m1/s1. The van der Waals surface area contributed by atoms with Crippen LogP contribution in [0.2, 0.25) is 18.1 Å². The van der Waals surface area contributed by atoms with Gasteiger partial charge in [-0.15, -0.1) is 0 Å². The number of rotatable bonds is 3. The van der Waals surface area contributed by atoms with Crippen molar-refractivity contribution in [2.24, 2.45) is 34.0 Å². The Morgan fingerprint density at radius 3 is 2.57 bits per heavy atom. The molecule has 2 spiro atoms. The lowest BCUT2D eigenvalue weighted by Crippen LogP contribution is -2.63. The van der Waals surface area contributed by atoms with Crippen LogP contribution in [0.25, 0.3) is 0 Å².